The lowest BCUT2D eigenvalue weighted by molar-refractivity contribution is -0.384. The number of likely N-dealkylation sites (tertiary alicyclic amines) is 1. The zero-order valence-corrected chi connectivity index (χ0v) is 21.2. The third kappa shape index (κ3) is 6.88. The molecule has 1 saturated heterocycles. The summed E-state index contributed by atoms with van der Waals surface area (Å²) < 4.78 is 10.0. The molecule has 2 aromatic carbocycles. The van der Waals surface area contributed by atoms with E-state index < -0.39 is 47.0 Å². The molecule has 1 aliphatic rings. The molecule has 0 spiro atoms. The lowest BCUT2D eigenvalue weighted by Gasteiger charge is -2.48. The fourth-order valence-corrected chi connectivity index (χ4v) is 4.00. The van der Waals surface area contributed by atoms with E-state index in [1.807, 2.05) is 30.3 Å². The third-order valence-corrected chi connectivity index (χ3v) is 5.95. The van der Waals surface area contributed by atoms with Crippen molar-refractivity contribution in [3.05, 3.63) is 81.9 Å². The van der Waals surface area contributed by atoms with E-state index in [0.29, 0.717) is 11.3 Å². The Morgan fingerprint density at radius 1 is 1.18 bits per heavy atom. The van der Waals surface area contributed by atoms with E-state index in [9.17, 15) is 29.6 Å². The number of hydrogen-bond donors (Lipinski definition) is 1. The second-order valence-corrected chi connectivity index (χ2v) is 8.78. The number of non-ortho nitro benzene ring substituents is 1. The van der Waals surface area contributed by atoms with Gasteiger partial charge >= 0.3 is 11.9 Å². The van der Waals surface area contributed by atoms with Crippen LogP contribution in [0.2, 0.25) is 0 Å². The van der Waals surface area contributed by atoms with Gasteiger partial charge in [0.05, 0.1) is 30.6 Å². The molecule has 3 rings (SSSR count). The highest BCUT2D eigenvalue weighted by Crippen LogP contribution is 2.30. The predicted octanol–water partition coefficient (Wildman–Crippen LogP) is 2.70. The van der Waals surface area contributed by atoms with E-state index in [0.717, 1.165) is 5.56 Å². The number of aliphatic hydroxyl groups is 1. The lowest BCUT2D eigenvalue weighted by Crippen LogP contribution is -2.70. The van der Waals surface area contributed by atoms with Crippen LogP contribution in [0.3, 0.4) is 0 Å². The van der Waals surface area contributed by atoms with Gasteiger partial charge in [0.1, 0.15) is 6.61 Å². The van der Waals surface area contributed by atoms with Gasteiger partial charge in [0.15, 0.2) is 12.1 Å². The zero-order chi connectivity index (χ0) is 27.8. The van der Waals surface area contributed by atoms with Crippen molar-refractivity contribution in [3.63, 3.8) is 0 Å². The van der Waals surface area contributed by atoms with Crippen molar-refractivity contribution in [2.45, 2.75) is 51.1 Å². The molecule has 2 unspecified atom stereocenters. The topological polar surface area (TPSA) is 149 Å². The van der Waals surface area contributed by atoms with Gasteiger partial charge in [-0.25, -0.2) is 4.79 Å². The van der Waals surface area contributed by atoms with Gasteiger partial charge < -0.3 is 19.5 Å². The highest BCUT2D eigenvalue weighted by molar-refractivity contribution is 6.01. The number of nitro groups is 1. The highest BCUT2D eigenvalue weighted by atomic mass is 16.6. The van der Waals surface area contributed by atoms with E-state index in [4.69, 9.17) is 4.74 Å². The molecule has 2 aromatic rings. The summed E-state index contributed by atoms with van der Waals surface area (Å²) in [4.78, 5) is 53.8. The minimum Gasteiger partial charge on any atom is -0.469 e. The molecule has 1 fully saturated rings. The molecule has 1 heterocycles. The van der Waals surface area contributed by atoms with Crippen molar-refractivity contribution in [2.75, 3.05) is 7.11 Å². The second kappa shape index (κ2) is 12.7. The van der Waals surface area contributed by atoms with Crippen molar-refractivity contribution >= 4 is 35.3 Å². The van der Waals surface area contributed by atoms with Gasteiger partial charge in [0, 0.05) is 17.8 Å². The maximum atomic E-state index is 13.2. The van der Waals surface area contributed by atoms with Crippen LogP contribution >= 0.6 is 0 Å². The van der Waals surface area contributed by atoms with Crippen LogP contribution in [0.25, 0.3) is 6.08 Å². The molecular formula is C27H29N3O8. The average molecular weight is 524 g/mol. The van der Waals surface area contributed by atoms with Crippen LogP contribution in [0.1, 0.15) is 31.4 Å². The molecule has 200 valence electrons. The lowest BCUT2D eigenvalue weighted by atomic mass is 9.90. The van der Waals surface area contributed by atoms with E-state index >= 15 is 0 Å². The standard InChI is InChI=1S/C27H29N3O8/c1-17(15-23(32)37-3)28-24-22(14-11-19-7-5-4-6-8-19)29(26(24)33)25(18(2)31)27(34)38-16-20-9-12-21(13-10-20)30(35)36/h4-14,18,22,24-25,31H,15-16H2,1-3H3/t18?,22-,24+,25?/m0/s1. The number of nitrogens with zero attached hydrogens (tertiary/aromatic N) is 3. The van der Waals surface area contributed by atoms with Crippen LogP contribution < -0.4 is 0 Å². The third-order valence-electron chi connectivity index (χ3n) is 5.95. The van der Waals surface area contributed by atoms with Crippen molar-refractivity contribution in [3.8, 4) is 0 Å². The number of benzene rings is 2. The van der Waals surface area contributed by atoms with Crippen LogP contribution in [0.15, 0.2) is 65.7 Å². The molecule has 1 amide bonds. The quantitative estimate of drug-likeness (QED) is 0.155. The SMILES string of the molecule is COC(=O)CC(C)=N[C@H]1C(=O)N(C(C(=O)OCc2ccc([N+](=O)[O-])cc2)C(C)O)[C@H]1C=Cc1ccccc1. The minimum atomic E-state index is -1.32. The van der Waals surface area contributed by atoms with E-state index in [1.165, 1.54) is 43.2 Å². The number of rotatable bonds is 11. The minimum absolute atomic E-state index is 0.0908. The first-order valence-corrected chi connectivity index (χ1v) is 11.9. The van der Waals surface area contributed by atoms with E-state index in [2.05, 4.69) is 9.73 Å². The molecule has 1 N–H and O–H groups in total. The van der Waals surface area contributed by atoms with Crippen molar-refractivity contribution in [2.24, 2.45) is 4.99 Å². The van der Waals surface area contributed by atoms with Crippen molar-refractivity contribution < 1.29 is 33.9 Å². The number of hydrogen-bond acceptors (Lipinski definition) is 9. The largest absolute Gasteiger partial charge is 0.469 e. The Labute approximate surface area is 219 Å². The van der Waals surface area contributed by atoms with Crippen LogP contribution in [0, 0.1) is 10.1 Å². The number of β-lactam (4-membered cyclic amide) rings is 1. The molecule has 38 heavy (non-hydrogen) atoms. The van der Waals surface area contributed by atoms with Crippen LogP contribution in [-0.2, 0) is 30.5 Å². The number of carbonyl (C=O) groups excluding carboxylic acids is 3. The van der Waals surface area contributed by atoms with E-state index in [1.54, 1.807) is 19.1 Å². The molecule has 11 heteroatoms. The van der Waals surface area contributed by atoms with Gasteiger partial charge in [-0.2, -0.15) is 0 Å². The van der Waals surface area contributed by atoms with Gasteiger partial charge in [-0.3, -0.25) is 24.7 Å². The molecule has 0 saturated carbocycles. The molecule has 0 aliphatic carbocycles. The Balaban J connectivity index is 1.82. The first-order chi connectivity index (χ1) is 18.1. The monoisotopic (exact) mass is 523 g/mol. The number of carbonyl (C=O) groups is 3. The Morgan fingerprint density at radius 3 is 2.42 bits per heavy atom. The summed E-state index contributed by atoms with van der Waals surface area (Å²) in [7, 11) is 1.26. The molecule has 0 aromatic heterocycles. The summed E-state index contributed by atoms with van der Waals surface area (Å²) >= 11 is 0. The number of esters is 2. The van der Waals surface area contributed by atoms with Gasteiger partial charge in [-0.15, -0.1) is 0 Å². The Morgan fingerprint density at radius 2 is 1.84 bits per heavy atom. The first-order valence-electron chi connectivity index (χ1n) is 11.9. The van der Waals surface area contributed by atoms with Crippen molar-refractivity contribution in [1.29, 1.82) is 0 Å². The van der Waals surface area contributed by atoms with Crippen LogP contribution in [0.4, 0.5) is 5.69 Å². The molecule has 0 radical (unpaired) electrons. The number of ether oxygens (including phenoxy) is 2. The fourth-order valence-electron chi connectivity index (χ4n) is 4.00. The molecule has 1 aliphatic heterocycles. The Hall–Kier alpha value is -4.38. The maximum absolute atomic E-state index is 13.2. The van der Waals surface area contributed by atoms with Gasteiger partial charge in [0.2, 0.25) is 0 Å². The first kappa shape index (κ1) is 28.2. The summed E-state index contributed by atoms with van der Waals surface area (Å²) in [6.45, 7) is 2.78. The second-order valence-electron chi connectivity index (χ2n) is 8.78. The number of aliphatic hydroxyl groups excluding tert-OH is 1. The summed E-state index contributed by atoms with van der Waals surface area (Å²) in [5, 5.41) is 21.3. The number of methoxy groups -OCH3 is 1. The molecule has 4 atom stereocenters. The summed E-state index contributed by atoms with van der Waals surface area (Å²) in [5.74, 6) is -1.84. The summed E-state index contributed by atoms with van der Waals surface area (Å²) in [6, 6.07) is 11.9. The van der Waals surface area contributed by atoms with Crippen LogP contribution in [0.5, 0.6) is 0 Å². The molecule has 11 nitrogen and oxygen atoms in total. The highest BCUT2D eigenvalue weighted by Gasteiger charge is 2.53. The van der Waals surface area contributed by atoms with Gasteiger partial charge in [0.25, 0.3) is 11.6 Å². The molecule has 0 bridgehead atoms. The van der Waals surface area contributed by atoms with Crippen LogP contribution in [-0.4, -0.2) is 69.8 Å². The average Bonchev–Trinajstić information content (AvgIpc) is 2.90. The number of nitro benzene ring substituents is 1. The fraction of sp³-hybridized carbons (Fsp3) is 0.333. The van der Waals surface area contributed by atoms with Gasteiger partial charge in [-0.1, -0.05) is 42.5 Å². The Kier molecular flexibility index (Phi) is 9.44. The smallest absolute Gasteiger partial charge is 0.331 e. The van der Waals surface area contributed by atoms with Gasteiger partial charge in [-0.05, 0) is 37.1 Å². The zero-order valence-electron chi connectivity index (χ0n) is 21.2. The molecular weight excluding hydrogens is 494 g/mol. The van der Waals surface area contributed by atoms with Crippen molar-refractivity contribution in [1.82, 2.24) is 4.90 Å². The summed E-state index contributed by atoms with van der Waals surface area (Å²) in [6.07, 6.45) is 2.14. The summed E-state index contributed by atoms with van der Waals surface area (Å²) in [5.41, 5.74) is 1.65. The predicted molar refractivity (Wildman–Crippen MR) is 138 cm³/mol. The Bertz CT molecular complexity index is 1220. The number of amides is 1. The maximum Gasteiger partial charge on any atom is 0.331 e. The number of aliphatic imine (C=N–C) groups is 1. The van der Waals surface area contributed by atoms with E-state index in [-0.39, 0.29) is 18.7 Å². The normalized spacial score (nSPS) is 19.0.